The fourth-order valence-corrected chi connectivity index (χ4v) is 3.24. The summed E-state index contributed by atoms with van der Waals surface area (Å²) in [7, 11) is 0. The molecule has 1 heterocycles. The van der Waals surface area contributed by atoms with E-state index in [1.54, 1.807) is 36.4 Å². The maximum absolute atomic E-state index is 13.0. The van der Waals surface area contributed by atoms with Crippen LogP contribution in [0.15, 0.2) is 68.3 Å². The molecule has 0 radical (unpaired) electrons. The zero-order valence-corrected chi connectivity index (χ0v) is 16.7. The zero-order valence-electron chi connectivity index (χ0n) is 15.2. The number of nitrogens with zero attached hydrogens (tertiary/aromatic N) is 1. The summed E-state index contributed by atoms with van der Waals surface area (Å²) in [5, 5.41) is 11.6. The van der Waals surface area contributed by atoms with Crippen LogP contribution in [0.5, 0.6) is 0 Å². The third-order valence-electron chi connectivity index (χ3n) is 4.14. The molecule has 6 heteroatoms. The molecule has 140 valence electrons. The van der Waals surface area contributed by atoms with Gasteiger partial charge in [-0.2, -0.15) is 5.26 Å². The van der Waals surface area contributed by atoms with Crippen LogP contribution in [0.4, 0.5) is 5.69 Å². The monoisotopic (exact) mass is 436 g/mol. The number of aryl methyl sites for hydroxylation is 1. The van der Waals surface area contributed by atoms with Crippen LogP contribution >= 0.6 is 15.9 Å². The average Bonchev–Trinajstić information content (AvgIpc) is 2.72. The first-order chi connectivity index (χ1) is 13.5. The van der Waals surface area contributed by atoms with E-state index in [1.807, 2.05) is 31.2 Å². The predicted octanol–water partition coefficient (Wildman–Crippen LogP) is 5.15. The molecule has 0 aliphatic rings. The molecule has 3 rings (SSSR count). The Kier molecular flexibility index (Phi) is 6.07. The summed E-state index contributed by atoms with van der Waals surface area (Å²) in [6.45, 7) is 1.99. The van der Waals surface area contributed by atoms with Crippen LogP contribution in [-0.4, -0.2) is 5.91 Å². The number of carbonyl (C=O) groups is 1. The van der Waals surface area contributed by atoms with E-state index in [1.165, 1.54) is 0 Å². The molecule has 28 heavy (non-hydrogen) atoms. The van der Waals surface area contributed by atoms with Crippen molar-refractivity contribution in [3.05, 3.63) is 86.2 Å². The van der Waals surface area contributed by atoms with Gasteiger partial charge in [0, 0.05) is 17.7 Å². The second-order valence-electron chi connectivity index (χ2n) is 6.13. The second-order valence-corrected chi connectivity index (χ2v) is 6.92. The summed E-state index contributed by atoms with van der Waals surface area (Å²) in [5.41, 5.74) is 1.13. The topological polar surface area (TPSA) is 83.1 Å². The molecule has 1 aromatic heterocycles. The Morgan fingerprint density at radius 1 is 1.14 bits per heavy atom. The number of rotatable bonds is 5. The standard InChI is InChI=1S/C22H17BrN2O3/c1-2-6-17-19(23)20(26)18(21(28-17)15-7-4-3-5-8-15)22(27)25-16-11-9-14(13-24)10-12-16/h3-5,7-12H,2,6H2,1H3,(H,25,27). The quantitative estimate of drug-likeness (QED) is 0.599. The third-order valence-corrected chi connectivity index (χ3v) is 4.94. The number of nitrogens with one attached hydrogen (secondary N) is 1. The van der Waals surface area contributed by atoms with Crippen LogP contribution in [0.2, 0.25) is 0 Å². The van der Waals surface area contributed by atoms with Gasteiger partial charge in [-0.1, -0.05) is 37.3 Å². The van der Waals surface area contributed by atoms with Gasteiger partial charge in [0.25, 0.3) is 5.91 Å². The highest BCUT2D eigenvalue weighted by Gasteiger charge is 2.24. The van der Waals surface area contributed by atoms with Gasteiger partial charge in [-0.25, -0.2) is 0 Å². The molecule has 0 aliphatic carbocycles. The molecule has 0 fully saturated rings. The van der Waals surface area contributed by atoms with Crippen LogP contribution in [0.1, 0.15) is 35.0 Å². The highest BCUT2D eigenvalue weighted by molar-refractivity contribution is 9.10. The number of anilines is 1. The van der Waals surface area contributed by atoms with E-state index in [0.717, 1.165) is 6.42 Å². The van der Waals surface area contributed by atoms with Gasteiger partial charge in [0.05, 0.1) is 11.6 Å². The van der Waals surface area contributed by atoms with Gasteiger partial charge in [-0.3, -0.25) is 9.59 Å². The van der Waals surface area contributed by atoms with Crippen molar-refractivity contribution < 1.29 is 9.21 Å². The highest BCUT2D eigenvalue weighted by Crippen LogP contribution is 2.28. The van der Waals surface area contributed by atoms with Crippen molar-refractivity contribution in [3.63, 3.8) is 0 Å². The second kappa shape index (κ2) is 8.68. The van der Waals surface area contributed by atoms with E-state index in [0.29, 0.717) is 29.0 Å². The fraction of sp³-hybridized carbons (Fsp3) is 0.136. The van der Waals surface area contributed by atoms with Crippen molar-refractivity contribution in [2.24, 2.45) is 0 Å². The van der Waals surface area contributed by atoms with Crippen molar-refractivity contribution in [3.8, 4) is 17.4 Å². The lowest BCUT2D eigenvalue weighted by Crippen LogP contribution is -2.24. The predicted molar refractivity (Wildman–Crippen MR) is 111 cm³/mol. The Morgan fingerprint density at radius 2 is 1.82 bits per heavy atom. The Balaban J connectivity index is 2.10. The van der Waals surface area contributed by atoms with E-state index < -0.39 is 11.3 Å². The van der Waals surface area contributed by atoms with Gasteiger partial charge in [-0.05, 0) is 46.6 Å². The molecule has 0 unspecified atom stereocenters. The molecular formula is C22H17BrN2O3. The molecule has 0 aliphatic heterocycles. The van der Waals surface area contributed by atoms with Crippen molar-refractivity contribution in [1.82, 2.24) is 0 Å². The number of carbonyl (C=O) groups excluding carboxylic acids is 1. The summed E-state index contributed by atoms with van der Waals surface area (Å²) in [5.74, 6) is 0.186. The lowest BCUT2D eigenvalue weighted by molar-refractivity contribution is 0.102. The molecular weight excluding hydrogens is 420 g/mol. The fourth-order valence-electron chi connectivity index (χ4n) is 2.77. The first kappa shape index (κ1) is 19.6. The van der Waals surface area contributed by atoms with E-state index in [4.69, 9.17) is 9.68 Å². The lowest BCUT2D eigenvalue weighted by atomic mass is 10.0. The van der Waals surface area contributed by atoms with Crippen molar-refractivity contribution in [2.45, 2.75) is 19.8 Å². The van der Waals surface area contributed by atoms with Crippen LogP contribution in [-0.2, 0) is 6.42 Å². The summed E-state index contributed by atoms with van der Waals surface area (Å²) >= 11 is 3.29. The molecule has 0 saturated carbocycles. The Labute approximate surface area is 170 Å². The lowest BCUT2D eigenvalue weighted by Gasteiger charge is -2.12. The summed E-state index contributed by atoms with van der Waals surface area (Å²) in [4.78, 5) is 25.9. The molecule has 0 bridgehead atoms. The minimum atomic E-state index is -0.568. The Hall–Kier alpha value is -3.17. The molecule has 5 nitrogen and oxygen atoms in total. The minimum absolute atomic E-state index is 0.0673. The normalized spacial score (nSPS) is 10.3. The van der Waals surface area contributed by atoms with E-state index >= 15 is 0 Å². The van der Waals surface area contributed by atoms with Crippen molar-refractivity contribution in [1.29, 1.82) is 5.26 Å². The van der Waals surface area contributed by atoms with E-state index in [2.05, 4.69) is 21.2 Å². The van der Waals surface area contributed by atoms with Gasteiger partial charge < -0.3 is 9.73 Å². The van der Waals surface area contributed by atoms with Crippen molar-refractivity contribution in [2.75, 3.05) is 5.32 Å². The first-order valence-electron chi connectivity index (χ1n) is 8.77. The molecule has 2 aromatic carbocycles. The number of hydrogen-bond acceptors (Lipinski definition) is 4. The van der Waals surface area contributed by atoms with Gasteiger partial charge in [0.2, 0.25) is 5.43 Å². The molecule has 1 amide bonds. The van der Waals surface area contributed by atoms with Gasteiger partial charge >= 0.3 is 0 Å². The minimum Gasteiger partial charge on any atom is -0.459 e. The van der Waals surface area contributed by atoms with Crippen LogP contribution in [0, 0.1) is 11.3 Å². The highest BCUT2D eigenvalue weighted by atomic mass is 79.9. The molecule has 0 spiro atoms. The maximum Gasteiger partial charge on any atom is 0.263 e. The molecule has 3 aromatic rings. The summed E-state index contributed by atoms with van der Waals surface area (Å²) in [6.07, 6.45) is 1.37. The molecule has 1 N–H and O–H groups in total. The summed E-state index contributed by atoms with van der Waals surface area (Å²) < 4.78 is 6.25. The molecule has 0 atom stereocenters. The summed E-state index contributed by atoms with van der Waals surface area (Å²) in [6, 6.07) is 17.5. The largest absolute Gasteiger partial charge is 0.459 e. The van der Waals surface area contributed by atoms with Crippen molar-refractivity contribution >= 4 is 27.5 Å². The van der Waals surface area contributed by atoms with Crippen LogP contribution in [0.3, 0.4) is 0 Å². The van der Waals surface area contributed by atoms with Gasteiger partial charge in [0.1, 0.15) is 15.8 Å². The van der Waals surface area contributed by atoms with Crippen LogP contribution < -0.4 is 10.7 Å². The first-order valence-corrected chi connectivity index (χ1v) is 9.56. The van der Waals surface area contributed by atoms with Gasteiger partial charge in [0.15, 0.2) is 5.76 Å². The number of halogens is 1. The number of amides is 1. The van der Waals surface area contributed by atoms with Crippen LogP contribution in [0.25, 0.3) is 11.3 Å². The SMILES string of the molecule is CCCc1oc(-c2ccccc2)c(C(=O)Nc2ccc(C#N)cc2)c(=O)c1Br. The zero-order chi connectivity index (χ0) is 20.1. The van der Waals surface area contributed by atoms with E-state index in [-0.39, 0.29) is 15.8 Å². The maximum atomic E-state index is 13.0. The Morgan fingerprint density at radius 3 is 2.43 bits per heavy atom. The smallest absolute Gasteiger partial charge is 0.263 e. The number of nitriles is 1. The number of hydrogen-bond donors (Lipinski definition) is 1. The van der Waals surface area contributed by atoms with Gasteiger partial charge in [-0.15, -0.1) is 0 Å². The Bertz CT molecular complexity index is 1100. The average molecular weight is 437 g/mol. The van der Waals surface area contributed by atoms with E-state index in [9.17, 15) is 9.59 Å². The third kappa shape index (κ3) is 4.05. The number of benzene rings is 2. The molecule has 0 saturated heterocycles.